The van der Waals surface area contributed by atoms with Crippen molar-refractivity contribution in [1.82, 2.24) is 5.16 Å². The Bertz CT molecular complexity index is 659. The molecule has 0 saturated heterocycles. The molecule has 0 fully saturated rings. The molecule has 2 aromatic rings. The van der Waals surface area contributed by atoms with Gasteiger partial charge >= 0.3 is 5.97 Å². The summed E-state index contributed by atoms with van der Waals surface area (Å²) in [5.41, 5.74) is 1.15. The van der Waals surface area contributed by atoms with Crippen LogP contribution in [-0.4, -0.2) is 24.3 Å². The summed E-state index contributed by atoms with van der Waals surface area (Å²) in [6.45, 7) is 2.87. The molecule has 0 spiro atoms. The molecule has 0 radical (unpaired) electrons. The third kappa shape index (κ3) is 5.44. The first-order valence-electron chi connectivity index (χ1n) is 7.41. The molecule has 0 aliphatic heterocycles. The molecule has 0 aliphatic rings. The first-order chi connectivity index (χ1) is 11.1. The maximum absolute atomic E-state index is 11.5. The SMILES string of the molecule is CCOC(=O)c1cc(CCCCNc2ccc(Cl)c(Cl)c2)on1. The van der Waals surface area contributed by atoms with Crippen molar-refractivity contribution in [3.05, 3.63) is 45.8 Å². The molecule has 1 heterocycles. The van der Waals surface area contributed by atoms with E-state index in [1.807, 2.05) is 6.07 Å². The van der Waals surface area contributed by atoms with Gasteiger partial charge in [0.25, 0.3) is 0 Å². The molecular weight excluding hydrogens is 339 g/mol. The maximum Gasteiger partial charge on any atom is 0.360 e. The van der Waals surface area contributed by atoms with Crippen molar-refractivity contribution >= 4 is 34.9 Å². The van der Waals surface area contributed by atoms with Crippen LogP contribution in [0.25, 0.3) is 0 Å². The highest BCUT2D eigenvalue weighted by molar-refractivity contribution is 6.42. The second-order valence-corrected chi connectivity index (χ2v) is 5.73. The molecule has 23 heavy (non-hydrogen) atoms. The van der Waals surface area contributed by atoms with Crippen LogP contribution in [0.15, 0.2) is 28.8 Å². The van der Waals surface area contributed by atoms with Crippen LogP contribution in [0.4, 0.5) is 5.69 Å². The van der Waals surface area contributed by atoms with Crippen molar-refractivity contribution in [3.8, 4) is 0 Å². The van der Waals surface area contributed by atoms with E-state index in [0.29, 0.717) is 22.4 Å². The summed E-state index contributed by atoms with van der Waals surface area (Å²) in [4.78, 5) is 11.5. The standard InChI is InChI=1S/C16H18Cl2N2O3/c1-2-22-16(21)15-10-12(23-20-15)5-3-4-8-19-11-6-7-13(17)14(18)9-11/h6-7,9-10,19H,2-5,8H2,1H3. The number of rotatable bonds is 8. The van der Waals surface area contributed by atoms with Crippen molar-refractivity contribution in [2.45, 2.75) is 26.2 Å². The van der Waals surface area contributed by atoms with Gasteiger partial charge in [-0.05, 0) is 38.0 Å². The molecule has 2 rings (SSSR count). The van der Waals surface area contributed by atoms with Crippen molar-refractivity contribution in [1.29, 1.82) is 0 Å². The summed E-state index contributed by atoms with van der Waals surface area (Å²) in [6.07, 6.45) is 2.57. The van der Waals surface area contributed by atoms with Crippen LogP contribution in [0.3, 0.4) is 0 Å². The Kier molecular flexibility index (Phi) is 6.74. The van der Waals surface area contributed by atoms with Crippen LogP contribution in [0.2, 0.25) is 10.0 Å². The second kappa shape index (κ2) is 8.79. The number of carbonyl (C=O) groups is 1. The summed E-state index contributed by atoms with van der Waals surface area (Å²) >= 11 is 11.8. The number of benzene rings is 1. The van der Waals surface area contributed by atoms with Gasteiger partial charge in [0.1, 0.15) is 5.76 Å². The number of ether oxygens (including phenoxy) is 1. The third-order valence-corrected chi connectivity index (χ3v) is 3.88. The van der Waals surface area contributed by atoms with Gasteiger partial charge in [0.2, 0.25) is 0 Å². The molecule has 0 bridgehead atoms. The van der Waals surface area contributed by atoms with Gasteiger partial charge in [0, 0.05) is 24.7 Å². The van der Waals surface area contributed by atoms with E-state index in [2.05, 4.69) is 10.5 Å². The van der Waals surface area contributed by atoms with Crippen LogP contribution < -0.4 is 5.32 Å². The Morgan fingerprint density at radius 2 is 2.09 bits per heavy atom. The molecule has 7 heteroatoms. The van der Waals surface area contributed by atoms with Gasteiger partial charge in [-0.25, -0.2) is 4.79 Å². The average Bonchev–Trinajstić information content (AvgIpc) is 3.00. The third-order valence-electron chi connectivity index (χ3n) is 3.14. The molecule has 5 nitrogen and oxygen atoms in total. The van der Waals surface area contributed by atoms with Crippen LogP contribution >= 0.6 is 23.2 Å². The molecule has 0 saturated carbocycles. The van der Waals surface area contributed by atoms with Crippen LogP contribution in [0.5, 0.6) is 0 Å². The highest BCUT2D eigenvalue weighted by Crippen LogP contribution is 2.24. The Labute approximate surface area is 144 Å². The van der Waals surface area contributed by atoms with Gasteiger partial charge in [0.15, 0.2) is 5.69 Å². The number of nitrogens with one attached hydrogen (secondary N) is 1. The number of nitrogens with zero attached hydrogens (tertiary/aromatic N) is 1. The molecule has 0 amide bonds. The number of aryl methyl sites for hydroxylation is 1. The average molecular weight is 357 g/mol. The van der Waals surface area contributed by atoms with Gasteiger partial charge in [0.05, 0.1) is 16.7 Å². The monoisotopic (exact) mass is 356 g/mol. The van der Waals surface area contributed by atoms with E-state index < -0.39 is 5.97 Å². The lowest BCUT2D eigenvalue weighted by Gasteiger charge is -2.06. The molecule has 1 aromatic heterocycles. The smallest absolute Gasteiger partial charge is 0.360 e. The fourth-order valence-electron chi connectivity index (χ4n) is 2.00. The predicted octanol–water partition coefficient (Wildman–Crippen LogP) is 4.59. The topological polar surface area (TPSA) is 64.4 Å². The largest absolute Gasteiger partial charge is 0.461 e. The number of anilines is 1. The molecule has 1 aromatic carbocycles. The van der Waals surface area contributed by atoms with E-state index in [0.717, 1.165) is 31.5 Å². The number of hydrogen-bond acceptors (Lipinski definition) is 5. The quantitative estimate of drug-likeness (QED) is 0.553. The summed E-state index contributed by atoms with van der Waals surface area (Å²) in [5, 5.41) is 8.06. The van der Waals surface area contributed by atoms with E-state index >= 15 is 0 Å². The summed E-state index contributed by atoms with van der Waals surface area (Å²) in [5.74, 6) is 0.228. The van der Waals surface area contributed by atoms with Gasteiger partial charge < -0.3 is 14.6 Å². The Morgan fingerprint density at radius 1 is 1.26 bits per heavy atom. The summed E-state index contributed by atoms with van der Waals surface area (Å²) < 4.78 is 9.98. The Balaban J connectivity index is 1.69. The highest BCUT2D eigenvalue weighted by atomic mass is 35.5. The number of unbranched alkanes of at least 4 members (excludes halogenated alkanes) is 1. The van der Waals surface area contributed by atoms with E-state index in [1.165, 1.54) is 0 Å². The Hall–Kier alpha value is -1.72. The lowest BCUT2D eigenvalue weighted by molar-refractivity contribution is 0.0514. The highest BCUT2D eigenvalue weighted by Gasteiger charge is 2.12. The van der Waals surface area contributed by atoms with Crippen LogP contribution in [0, 0.1) is 0 Å². The molecule has 1 N–H and O–H groups in total. The molecule has 0 aliphatic carbocycles. The van der Waals surface area contributed by atoms with Crippen LogP contribution in [-0.2, 0) is 11.2 Å². The van der Waals surface area contributed by atoms with Crippen molar-refractivity contribution in [3.63, 3.8) is 0 Å². The van der Waals surface area contributed by atoms with Crippen molar-refractivity contribution in [2.75, 3.05) is 18.5 Å². The number of carbonyl (C=O) groups excluding carboxylic acids is 1. The fourth-order valence-corrected chi connectivity index (χ4v) is 2.29. The zero-order valence-corrected chi connectivity index (χ0v) is 14.3. The minimum Gasteiger partial charge on any atom is -0.461 e. The first kappa shape index (κ1) is 17.6. The molecule has 0 unspecified atom stereocenters. The summed E-state index contributed by atoms with van der Waals surface area (Å²) in [6, 6.07) is 7.07. The van der Waals surface area contributed by atoms with E-state index in [-0.39, 0.29) is 5.69 Å². The lowest BCUT2D eigenvalue weighted by Crippen LogP contribution is -2.04. The molecule has 0 atom stereocenters. The zero-order chi connectivity index (χ0) is 16.7. The number of halogens is 2. The van der Waals surface area contributed by atoms with E-state index in [1.54, 1.807) is 25.1 Å². The number of esters is 1. The number of aromatic nitrogens is 1. The van der Waals surface area contributed by atoms with Gasteiger partial charge in [-0.1, -0.05) is 28.4 Å². The van der Waals surface area contributed by atoms with Crippen molar-refractivity contribution in [2.24, 2.45) is 0 Å². The zero-order valence-electron chi connectivity index (χ0n) is 12.8. The van der Waals surface area contributed by atoms with Gasteiger partial charge in [-0.15, -0.1) is 0 Å². The Morgan fingerprint density at radius 3 is 2.83 bits per heavy atom. The minimum absolute atomic E-state index is 0.218. The van der Waals surface area contributed by atoms with E-state index in [9.17, 15) is 4.79 Å². The molecule has 124 valence electrons. The fraction of sp³-hybridized carbons (Fsp3) is 0.375. The first-order valence-corrected chi connectivity index (χ1v) is 8.17. The second-order valence-electron chi connectivity index (χ2n) is 4.91. The molecular formula is C16H18Cl2N2O3. The normalized spacial score (nSPS) is 10.6. The van der Waals surface area contributed by atoms with Crippen molar-refractivity contribution < 1.29 is 14.1 Å². The lowest BCUT2D eigenvalue weighted by atomic mass is 10.2. The maximum atomic E-state index is 11.5. The number of hydrogen-bond donors (Lipinski definition) is 1. The van der Waals surface area contributed by atoms with E-state index in [4.69, 9.17) is 32.5 Å². The van der Waals surface area contributed by atoms with Gasteiger partial charge in [-0.2, -0.15) is 0 Å². The van der Waals surface area contributed by atoms with Crippen LogP contribution in [0.1, 0.15) is 36.0 Å². The predicted molar refractivity (Wildman–Crippen MR) is 90.3 cm³/mol. The minimum atomic E-state index is -0.455. The summed E-state index contributed by atoms with van der Waals surface area (Å²) in [7, 11) is 0. The van der Waals surface area contributed by atoms with Gasteiger partial charge in [-0.3, -0.25) is 0 Å².